The van der Waals surface area contributed by atoms with Crippen molar-refractivity contribution >= 4 is 5.70 Å². The van der Waals surface area contributed by atoms with Gasteiger partial charge in [-0.15, -0.1) is 0 Å². The SMILES string of the molecule is C=C/C(=C\C=C(\C)C(C)C)CNC(=C)c1cnc(C)c(O)c1. The zero-order chi connectivity index (χ0) is 16.7. The van der Waals surface area contributed by atoms with Crippen LogP contribution < -0.4 is 5.32 Å². The minimum absolute atomic E-state index is 0.176. The highest BCUT2D eigenvalue weighted by molar-refractivity contribution is 5.62. The number of hydrogen-bond donors (Lipinski definition) is 2. The zero-order valence-electron chi connectivity index (χ0n) is 14.0. The van der Waals surface area contributed by atoms with E-state index >= 15 is 0 Å². The number of rotatable bonds is 7. The van der Waals surface area contributed by atoms with Crippen LogP contribution in [0.3, 0.4) is 0 Å². The van der Waals surface area contributed by atoms with Crippen molar-refractivity contribution in [3.05, 3.63) is 66.1 Å². The quantitative estimate of drug-likeness (QED) is 0.735. The molecule has 0 spiro atoms. The molecule has 0 aliphatic rings. The van der Waals surface area contributed by atoms with Gasteiger partial charge in [-0.3, -0.25) is 4.98 Å². The van der Waals surface area contributed by atoms with E-state index in [-0.39, 0.29) is 5.75 Å². The molecule has 1 aromatic rings. The van der Waals surface area contributed by atoms with E-state index in [0.29, 0.717) is 18.2 Å². The zero-order valence-corrected chi connectivity index (χ0v) is 14.0. The number of nitrogens with zero attached hydrogens (tertiary/aromatic N) is 1. The van der Waals surface area contributed by atoms with Crippen LogP contribution in [-0.2, 0) is 0 Å². The summed E-state index contributed by atoms with van der Waals surface area (Å²) < 4.78 is 0. The molecular formula is C19H26N2O. The van der Waals surface area contributed by atoms with E-state index < -0.39 is 0 Å². The summed E-state index contributed by atoms with van der Waals surface area (Å²) in [6, 6.07) is 1.66. The Balaban J connectivity index is 2.72. The fraction of sp³-hybridized carbons (Fsp3) is 0.316. The molecule has 22 heavy (non-hydrogen) atoms. The summed E-state index contributed by atoms with van der Waals surface area (Å²) in [5.74, 6) is 0.710. The molecule has 0 fully saturated rings. The standard InChI is InChI=1S/C19H26N2O/c1-7-17(9-8-14(4)13(2)3)11-20-15(5)18-10-19(22)16(6)21-12-18/h7-10,12-13,20,22H,1,5,11H2,2-4,6H3/b14-8-,17-9+. The van der Waals surface area contributed by atoms with E-state index in [1.54, 1.807) is 19.2 Å². The molecule has 2 N–H and O–H groups in total. The molecule has 0 saturated heterocycles. The minimum Gasteiger partial charge on any atom is -0.506 e. The van der Waals surface area contributed by atoms with Crippen molar-refractivity contribution in [3.63, 3.8) is 0 Å². The highest BCUT2D eigenvalue weighted by atomic mass is 16.3. The minimum atomic E-state index is 0.176. The van der Waals surface area contributed by atoms with Gasteiger partial charge in [0.1, 0.15) is 5.75 Å². The maximum atomic E-state index is 9.70. The Morgan fingerprint density at radius 2 is 2.09 bits per heavy atom. The average Bonchev–Trinajstić information content (AvgIpc) is 2.49. The third-order valence-electron chi connectivity index (χ3n) is 3.65. The van der Waals surface area contributed by atoms with E-state index in [2.05, 4.69) is 56.4 Å². The van der Waals surface area contributed by atoms with Crippen molar-refractivity contribution in [2.45, 2.75) is 27.7 Å². The summed E-state index contributed by atoms with van der Waals surface area (Å²) in [4.78, 5) is 4.13. The van der Waals surface area contributed by atoms with Crippen LogP contribution in [0, 0.1) is 12.8 Å². The second kappa shape index (κ2) is 8.23. The first-order chi connectivity index (χ1) is 10.3. The van der Waals surface area contributed by atoms with E-state index in [1.807, 2.05) is 6.08 Å². The van der Waals surface area contributed by atoms with Gasteiger partial charge in [0.05, 0.1) is 5.69 Å². The number of allylic oxidation sites excluding steroid dienone is 3. The molecule has 0 radical (unpaired) electrons. The fourth-order valence-corrected chi connectivity index (χ4v) is 1.63. The van der Waals surface area contributed by atoms with Crippen molar-refractivity contribution in [3.8, 4) is 5.75 Å². The van der Waals surface area contributed by atoms with Crippen LogP contribution in [0.4, 0.5) is 0 Å². The van der Waals surface area contributed by atoms with Gasteiger partial charge < -0.3 is 10.4 Å². The lowest BCUT2D eigenvalue weighted by Crippen LogP contribution is -2.14. The van der Waals surface area contributed by atoms with Gasteiger partial charge >= 0.3 is 0 Å². The van der Waals surface area contributed by atoms with Gasteiger partial charge in [0.15, 0.2) is 0 Å². The Morgan fingerprint density at radius 3 is 2.64 bits per heavy atom. The maximum absolute atomic E-state index is 9.70. The number of aromatic hydroxyl groups is 1. The molecule has 1 rings (SSSR count). The average molecular weight is 298 g/mol. The lowest BCUT2D eigenvalue weighted by atomic mass is 10.0. The van der Waals surface area contributed by atoms with E-state index in [0.717, 1.165) is 16.8 Å². The molecule has 0 amide bonds. The van der Waals surface area contributed by atoms with Crippen LogP contribution in [0.5, 0.6) is 5.75 Å². The van der Waals surface area contributed by atoms with Crippen LogP contribution in [0.25, 0.3) is 5.70 Å². The van der Waals surface area contributed by atoms with Crippen LogP contribution in [0.1, 0.15) is 32.0 Å². The molecule has 0 saturated carbocycles. The van der Waals surface area contributed by atoms with Crippen molar-refractivity contribution in [2.75, 3.05) is 6.54 Å². The van der Waals surface area contributed by atoms with Crippen molar-refractivity contribution < 1.29 is 5.11 Å². The summed E-state index contributed by atoms with van der Waals surface area (Å²) >= 11 is 0. The molecule has 1 heterocycles. The largest absolute Gasteiger partial charge is 0.506 e. The van der Waals surface area contributed by atoms with Gasteiger partial charge in [-0.2, -0.15) is 0 Å². The van der Waals surface area contributed by atoms with Gasteiger partial charge in [-0.05, 0) is 31.4 Å². The summed E-state index contributed by atoms with van der Waals surface area (Å²) in [7, 11) is 0. The normalized spacial score (nSPS) is 12.4. The second-order valence-electron chi connectivity index (χ2n) is 5.67. The van der Waals surface area contributed by atoms with Crippen molar-refractivity contribution in [1.82, 2.24) is 10.3 Å². The lowest BCUT2D eigenvalue weighted by Gasteiger charge is -2.11. The number of nitrogens with one attached hydrogen (secondary N) is 1. The summed E-state index contributed by atoms with van der Waals surface area (Å²) in [5, 5.41) is 12.9. The molecule has 0 atom stereocenters. The highest BCUT2D eigenvalue weighted by Crippen LogP contribution is 2.18. The predicted molar refractivity (Wildman–Crippen MR) is 94.6 cm³/mol. The monoisotopic (exact) mass is 298 g/mol. The van der Waals surface area contributed by atoms with Crippen LogP contribution in [0.2, 0.25) is 0 Å². The smallest absolute Gasteiger partial charge is 0.137 e. The number of hydrogen-bond acceptors (Lipinski definition) is 3. The first-order valence-corrected chi connectivity index (χ1v) is 7.43. The second-order valence-corrected chi connectivity index (χ2v) is 5.67. The Morgan fingerprint density at radius 1 is 1.41 bits per heavy atom. The summed E-state index contributed by atoms with van der Waals surface area (Å²) in [6.07, 6.45) is 7.71. The van der Waals surface area contributed by atoms with Gasteiger partial charge in [-0.25, -0.2) is 0 Å². The van der Waals surface area contributed by atoms with Crippen molar-refractivity contribution in [2.24, 2.45) is 5.92 Å². The number of aromatic nitrogens is 1. The lowest BCUT2D eigenvalue weighted by molar-refractivity contribution is 0.467. The third kappa shape index (κ3) is 5.24. The summed E-state index contributed by atoms with van der Waals surface area (Å²) in [5.41, 5.74) is 4.51. The molecule has 0 aromatic carbocycles. The van der Waals surface area contributed by atoms with Gasteiger partial charge in [-0.1, -0.05) is 50.8 Å². The van der Waals surface area contributed by atoms with E-state index in [9.17, 15) is 5.11 Å². The highest BCUT2D eigenvalue weighted by Gasteiger charge is 2.03. The third-order valence-corrected chi connectivity index (χ3v) is 3.65. The van der Waals surface area contributed by atoms with Gasteiger partial charge in [0.25, 0.3) is 0 Å². The first-order valence-electron chi connectivity index (χ1n) is 7.43. The topological polar surface area (TPSA) is 45.2 Å². The van der Waals surface area contributed by atoms with Crippen LogP contribution in [0.15, 0.2) is 54.8 Å². The van der Waals surface area contributed by atoms with Crippen LogP contribution in [-0.4, -0.2) is 16.6 Å². The Labute approximate surface area is 133 Å². The van der Waals surface area contributed by atoms with E-state index in [4.69, 9.17) is 0 Å². The molecule has 3 heteroatoms. The summed E-state index contributed by atoms with van der Waals surface area (Å²) in [6.45, 7) is 16.7. The molecule has 0 unspecified atom stereocenters. The molecule has 3 nitrogen and oxygen atoms in total. The Bertz CT molecular complexity index is 610. The Kier molecular flexibility index (Phi) is 6.64. The predicted octanol–water partition coefficient (Wildman–Crippen LogP) is 4.37. The fourth-order valence-electron chi connectivity index (χ4n) is 1.63. The number of aryl methyl sites for hydroxylation is 1. The molecule has 0 aliphatic heterocycles. The number of pyridine rings is 1. The Hall–Kier alpha value is -2.29. The van der Waals surface area contributed by atoms with Crippen LogP contribution >= 0.6 is 0 Å². The molecule has 0 bridgehead atoms. The molecule has 1 aromatic heterocycles. The van der Waals surface area contributed by atoms with E-state index in [1.165, 1.54) is 5.57 Å². The van der Waals surface area contributed by atoms with Crippen molar-refractivity contribution in [1.29, 1.82) is 0 Å². The molecule has 118 valence electrons. The molecular weight excluding hydrogens is 272 g/mol. The maximum Gasteiger partial charge on any atom is 0.137 e. The molecule has 0 aliphatic carbocycles. The van der Waals surface area contributed by atoms with Gasteiger partial charge in [0, 0.05) is 24.0 Å². The van der Waals surface area contributed by atoms with Gasteiger partial charge in [0.2, 0.25) is 0 Å². The first kappa shape index (κ1) is 17.8.